The van der Waals surface area contributed by atoms with Gasteiger partial charge in [-0.1, -0.05) is 23.7 Å². The van der Waals surface area contributed by atoms with Crippen molar-refractivity contribution < 1.29 is 4.79 Å². The van der Waals surface area contributed by atoms with Crippen molar-refractivity contribution in [1.29, 1.82) is 0 Å². The number of piperazine rings is 1. The fourth-order valence-electron chi connectivity index (χ4n) is 3.71. The lowest BCUT2D eigenvalue weighted by molar-refractivity contribution is -0.117. The molecule has 1 amide bonds. The predicted molar refractivity (Wildman–Crippen MR) is 120 cm³/mol. The van der Waals surface area contributed by atoms with Gasteiger partial charge in [0.2, 0.25) is 5.91 Å². The van der Waals surface area contributed by atoms with Crippen molar-refractivity contribution in [1.82, 2.24) is 24.6 Å². The molecule has 4 heterocycles. The third-order valence-corrected chi connectivity index (χ3v) is 5.46. The SMILES string of the molecule is CC(CN1CCN(c2ccccn2)CC1)NC(=O)C=Cc1c(Cl)nc2ccccn12. The molecule has 1 aliphatic rings. The minimum Gasteiger partial charge on any atom is -0.354 e. The fraction of sp³-hybridized carbons (Fsp3) is 0.318. The van der Waals surface area contributed by atoms with E-state index in [1.165, 1.54) is 6.08 Å². The minimum atomic E-state index is -0.142. The molecule has 0 radical (unpaired) electrons. The van der Waals surface area contributed by atoms with E-state index in [1.54, 1.807) is 6.08 Å². The van der Waals surface area contributed by atoms with Crippen molar-refractivity contribution in [3.63, 3.8) is 0 Å². The summed E-state index contributed by atoms with van der Waals surface area (Å²) in [6, 6.07) is 11.7. The van der Waals surface area contributed by atoms with E-state index in [-0.39, 0.29) is 11.9 Å². The van der Waals surface area contributed by atoms with Crippen LogP contribution in [0.2, 0.25) is 5.15 Å². The molecule has 1 atom stereocenters. The van der Waals surface area contributed by atoms with Gasteiger partial charge in [0.15, 0.2) is 5.15 Å². The maximum absolute atomic E-state index is 12.4. The van der Waals surface area contributed by atoms with Crippen LogP contribution in [0.4, 0.5) is 5.82 Å². The van der Waals surface area contributed by atoms with Gasteiger partial charge in [-0.15, -0.1) is 0 Å². The highest BCUT2D eigenvalue weighted by molar-refractivity contribution is 6.31. The zero-order valence-electron chi connectivity index (χ0n) is 16.9. The van der Waals surface area contributed by atoms with Crippen LogP contribution in [0.25, 0.3) is 11.7 Å². The van der Waals surface area contributed by atoms with Gasteiger partial charge in [-0.25, -0.2) is 9.97 Å². The molecule has 0 aliphatic carbocycles. The molecule has 0 aromatic carbocycles. The number of nitrogens with zero attached hydrogens (tertiary/aromatic N) is 5. The van der Waals surface area contributed by atoms with Crippen molar-refractivity contribution in [2.45, 2.75) is 13.0 Å². The molecule has 3 aromatic heterocycles. The summed E-state index contributed by atoms with van der Waals surface area (Å²) >= 11 is 6.21. The summed E-state index contributed by atoms with van der Waals surface area (Å²) in [6.45, 7) is 6.60. The summed E-state index contributed by atoms with van der Waals surface area (Å²) in [5.41, 5.74) is 1.45. The highest BCUT2D eigenvalue weighted by Crippen LogP contribution is 2.18. The molecule has 1 N–H and O–H groups in total. The average molecular weight is 425 g/mol. The molecule has 156 valence electrons. The molecule has 1 saturated heterocycles. The summed E-state index contributed by atoms with van der Waals surface area (Å²) < 4.78 is 1.86. The predicted octanol–water partition coefficient (Wildman–Crippen LogP) is 2.72. The van der Waals surface area contributed by atoms with E-state index in [1.807, 2.05) is 60.1 Å². The first kappa shape index (κ1) is 20.4. The van der Waals surface area contributed by atoms with Crippen molar-refractivity contribution in [2.24, 2.45) is 0 Å². The number of fused-ring (bicyclic) bond motifs is 1. The molecule has 30 heavy (non-hydrogen) atoms. The van der Waals surface area contributed by atoms with Gasteiger partial charge in [0, 0.05) is 57.2 Å². The molecule has 3 aromatic rings. The number of pyridine rings is 2. The van der Waals surface area contributed by atoms with Gasteiger partial charge in [-0.2, -0.15) is 0 Å². The van der Waals surface area contributed by atoms with Crippen LogP contribution in [0.3, 0.4) is 0 Å². The van der Waals surface area contributed by atoms with E-state index in [2.05, 4.69) is 25.1 Å². The number of amides is 1. The molecular weight excluding hydrogens is 400 g/mol. The monoisotopic (exact) mass is 424 g/mol. The topological polar surface area (TPSA) is 65.8 Å². The van der Waals surface area contributed by atoms with Crippen molar-refractivity contribution >= 4 is 35.0 Å². The fourth-order valence-corrected chi connectivity index (χ4v) is 3.95. The van der Waals surface area contributed by atoms with Gasteiger partial charge in [-0.3, -0.25) is 14.1 Å². The maximum Gasteiger partial charge on any atom is 0.244 e. The zero-order chi connectivity index (χ0) is 20.9. The van der Waals surface area contributed by atoms with Crippen LogP contribution in [0.15, 0.2) is 54.9 Å². The second kappa shape index (κ2) is 9.28. The van der Waals surface area contributed by atoms with Crippen LogP contribution >= 0.6 is 11.6 Å². The number of nitrogens with one attached hydrogen (secondary N) is 1. The first-order valence-corrected chi connectivity index (χ1v) is 10.5. The quantitative estimate of drug-likeness (QED) is 0.616. The Morgan fingerprint density at radius 2 is 2.00 bits per heavy atom. The van der Waals surface area contributed by atoms with E-state index in [4.69, 9.17) is 11.6 Å². The lowest BCUT2D eigenvalue weighted by Gasteiger charge is -2.36. The number of rotatable bonds is 6. The first-order chi connectivity index (χ1) is 14.6. The lowest BCUT2D eigenvalue weighted by Crippen LogP contribution is -2.50. The second-order valence-electron chi connectivity index (χ2n) is 7.44. The Labute approximate surface area is 181 Å². The summed E-state index contributed by atoms with van der Waals surface area (Å²) in [4.78, 5) is 25.7. The minimum absolute atomic E-state index is 0.0428. The Hall–Kier alpha value is -2.90. The summed E-state index contributed by atoms with van der Waals surface area (Å²) in [5.74, 6) is 0.881. The molecular formula is C22H25ClN6O. The van der Waals surface area contributed by atoms with Crippen LogP contribution in [-0.4, -0.2) is 63.9 Å². The Kier molecular flexibility index (Phi) is 6.30. The van der Waals surface area contributed by atoms with E-state index in [0.29, 0.717) is 10.8 Å². The number of halogens is 1. The number of carbonyl (C=O) groups excluding carboxylic acids is 1. The Morgan fingerprint density at radius 1 is 1.20 bits per heavy atom. The Balaban J connectivity index is 1.27. The number of carbonyl (C=O) groups is 1. The molecule has 0 saturated carbocycles. The highest BCUT2D eigenvalue weighted by Gasteiger charge is 2.19. The van der Waals surface area contributed by atoms with E-state index in [9.17, 15) is 4.79 Å². The molecule has 7 nitrogen and oxygen atoms in total. The number of hydrogen-bond acceptors (Lipinski definition) is 5. The molecule has 8 heteroatoms. The van der Waals surface area contributed by atoms with E-state index in [0.717, 1.165) is 44.2 Å². The normalized spacial score (nSPS) is 16.3. The maximum atomic E-state index is 12.4. The van der Waals surface area contributed by atoms with Crippen LogP contribution in [0.1, 0.15) is 12.6 Å². The number of anilines is 1. The van der Waals surface area contributed by atoms with Crippen molar-refractivity contribution in [3.8, 4) is 0 Å². The Bertz CT molecular complexity index is 1030. The van der Waals surface area contributed by atoms with E-state index < -0.39 is 0 Å². The van der Waals surface area contributed by atoms with Gasteiger partial charge >= 0.3 is 0 Å². The van der Waals surface area contributed by atoms with Crippen molar-refractivity contribution in [2.75, 3.05) is 37.6 Å². The van der Waals surface area contributed by atoms with Crippen LogP contribution < -0.4 is 10.2 Å². The van der Waals surface area contributed by atoms with Crippen LogP contribution in [-0.2, 0) is 4.79 Å². The Morgan fingerprint density at radius 3 is 2.77 bits per heavy atom. The summed E-state index contributed by atoms with van der Waals surface area (Å²) in [5, 5.41) is 3.41. The average Bonchev–Trinajstić information content (AvgIpc) is 3.08. The first-order valence-electron chi connectivity index (χ1n) is 10.1. The van der Waals surface area contributed by atoms with Gasteiger partial charge in [0.05, 0.1) is 5.69 Å². The third kappa shape index (κ3) is 4.80. The zero-order valence-corrected chi connectivity index (χ0v) is 17.7. The van der Waals surface area contributed by atoms with Crippen LogP contribution in [0.5, 0.6) is 0 Å². The summed E-state index contributed by atoms with van der Waals surface area (Å²) in [6.07, 6.45) is 6.92. The summed E-state index contributed by atoms with van der Waals surface area (Å²) in [7, 11) is 0. The molecule has 0 bridgehead atoms. The van der Waals surface area contributed by atoms with Gasteiger partial charge in [-0.05, 0) is 37.3 Å². The largest absolute Gasteiger partial charge is 0.354 e. The van der Waals surface area contributed by atoms with E-state index >= 15 is 0 Å². The number of hydrogen-bond donors (Lipinski definition) is 1. The molecule has 1 fully saturated rings. The molecule has 1 unspecified atom stereocenters. The lowest BCUT2D eigenvalue weighted by atomic mass is 10.2. The van der Waals surface area contributed by atoms with Gasteiger partial charge < -0.3 is 10.2 Å². The molecule has 1 aliphatic heterocycles. The molecule has 0 spiro atoms. The van der Waals surface area contributed by atoms with Crippen molar-refractivity contribution in [3.05, 3.63) is 65.7 Å². The smallest absolute Gasteiger partial charge is 0.244 e. The van der Waals surface area contributed by atoms with Gasteiger partial charge in [0.1, 0.15) is 11.5 Å². The molecule has 4 rings (SSSR count). The standard InChI is InChI=1S/C22H25ClN6O/c1-17(16-27-12-14-28(15-13-27)19-6-2-4-10-24-19)25-21(30)9-8-18-22(23)26-20-7-3-5-11-29(18)20/h2-11,17H,12-16H2,1H3,(H,25,30). The second-order valence-corrected chi connectivity index (χ2v) is 7.79. The third-order valence-electron chi connectivity index (χ3n) is 5.18. The van der Waals surface area contributed by atoms with Gasteiger partial charge in [0.25, 0.3) is 0 Å². The number of aromatic nitrogens is 3. The highest BCUT2D eigenvalue weighted by atomic mass is 35.5. The van der Waals surface area contributed by atoms with Crippen LogP contribution in [0, 0.1) is 0 Å². The number of imidazole rings is 1.